The van der Waals surface area contributed by atoms with Gasteiger partial charge in [-0.2, -0.15) is 0 Å². The fourth-order valence-corrected chi connectivity index (χ4v) is 4.11. The second kappa shape index (κ2) is 14.5. The third-order valence-corrected chi connectivity index (χ3v) is 6.03. The molecule has 0 atom stereocenters. The van der Waals surface area contributed by atoms with Gasteiger partial charge in [0, 0.05) is 58.1 Å². The van der Waals surface area contributed by atoms with Crippen LogP contribution in [0.15, 0.2) is 12.4 Å². The molecule has 1 aromatic carbocycles. The van der Waals surface area contributed by atoms with E-state index in [1.807, 2.05) is 0 Å². The number of halogens is 3. The van der Waals surface area contributed by atoms with E-state index in [9.17, 15) is 4.79 Å². The molecule has 0 spiro atoms. The zero-order chi connectivity index (χ0) is 23.3. The number of carbonyl (C=O) groups excluding carboxylic acids is 1. The first kappa shape index (κ1) is 31.0. The largest absolute Gasteiger partial charge is 2.00 e. The third kappa shape index (κ3) is 8.02. The van der Waals surface area contributed by atoms with E-state index >= 15 is 0 Å². The molecule has 3 rings (SSSR count). The van der Waals surface area contributed by atoms with Crippen molar-refractivity contribution < 1.29 is 40.6 Å². The molecule has 0 unspecified atom stereocenters. The number of carbonyl (C=O) groups is 1. The van der Waals surface area contributed by atoms with Gasteiger partial charge in [0.25, 0.3) is 0 Å². The van der Waals surface area contributed by atoms with E-state index in [2.05, 4.69) is 43.5 Å². The van der Waals surface area contributed by atoms with Crippen LogP contribution in [0.4, 0.5) is 22.1 Å². The maximum absolute atomic E-state index is 12.8. The summed E-state index contributed by atoms with van der Waals surface area (Å²) in [5, 5.41) is 6.20. The fraction of sp³-hybridized carbons (Fsp3) is 0.429. The summed E-state index contributed by atoms with van der Waals surface area (Å²) >= 11 is 18.5. The smallest absolute Gasteiger partial charge is 0.551 e. The van der Waals surface area contributed by atoms with Crippen LogP contribution >= 0.6 is 34.8 Å². The van der Waals surface area contributed by atoms with Crippen molar-refractivity contribution in [3.8, 4) is 5.75 Å². The predicted molar refractivity (Wildman–Crippen MR) is 135 cm³/mol. The molecule has 0 bridgehead atoms. The van der Waals surface area contributed by atoms with Crippen molar-refractivity contribution in [2.24, 2.45) is 0 Å². The maximum atomic E-state index is 12.8. The first-order valence-electron chi connectivity index (χ1n) is 9.95. The van der Waals surface area contributed by atoms with Gasteiger partial charge in [0.1, 0.15) is 18.0 Å². The number of nitrogens with zero attached hydrogens (tertiary/aromatic N) is 5. The number of benzene rings is 1. The molecular weight excluding hydrogens is 727 g/mol. The topological polar surface area (TPSA) is 85.9 Å². The Labute approximate surface area is 239 Å². The summed E-state index contributed by atoms with van der Waals surface area (Å²) in [7, 11) is 5.12. The van der Waals surface area contributed by atoms with Crippen molar-refractivity contribution >= 4 is 58.2 Å². The summed E-state index contributed by atoms with van der Waals surface area (Å²) in [4.78, 5) is 27.2. The zero-order valence-corrected chi connectivity index (χ0v) is 26.0. The second-order valence-electron chi connectivity index (χ2n) is 7.30. The van der Waals surface area contributed by atoms with Gasteiger partial charge in [0.2, 0.25) is 0 Å². The number of rotatable bonds is 7. The fourth-order valence-electron chi connectivity index (χ4n) is 3.15. The number of likely N-dealkylation sites (N-methyl/N-ethyl adjacent to an activating group) is 1. The summed E-state index contributed by atoms with van der Waals surface area (Å²) < 4.78 is 5.15. The number of hydrogen-bond acceptors (Lipinski definition) is 7. The van der Waals surface area contributed by atoms with E-state index in [4.69, 9.17) is 39.5 Å². The molecule has 1 saturated heterocycles. The number of nitrogens with one attached hydrogen (secondary N) is 2. The molecule has 0 saturated carbocycles. The number of hydrogen-bond donors (Lipinski definition) is 2. The Balaban J connectivity index is 0.00000289. The van der Waals surface area contributed by atoms with Crippen LogP contribution in [0.5, 0.6) is 5.75 Å². The molecule has 1 aliphatic heterocycles. The van der Waals surface area contributed by atoms with E-state index in [-0.39, 0.29) is 65.0 Å². The summed E-state index contributed by atoms with van der Waals surface area (Å²) in [6, 6.07) is 3.88. The van der Waals surface area contributed by atoms with E-state index in [0.29, 0.717) is 11.6 Å². The molecule has 1 aliphatic rings. The van der Waals surface area contributed by atoms with Crippen LogP contribution in [0, 0.1) is 44.6 Å². The molecular formula is C21H28Cl3N7O2U. The summed E-state index contributed by atoms with van der Waals surface area (Å²) in [5.41, 5.74) is 0.144. The standard InChI is InChI=1S/C20H25Cl3N7O2.CH3.U/c1-28-6-8-30(9-7-28)5-4-24-15-11-16(26-12-25-15)29(2)20(31)27-18-13(21)10-14(22)19(32-3)17(18)23;;/h11-12H,4-9H2,1-3H3,(H,27,31)(H,24,25,26);1H3;/q2*-1;+2. The van der Waals surface area contributed by atoms with Crippen molar-refractivity contribution in [3.63, 3.8) is 0 Å². The van der Waals surface area contributed by atoms with Crippen LogP contribution in [0.1, 0.15) is 0 Å². The van der Waals surface area contributed by atoms with Crippen molar-refractivity contribution in [1.82, 2.24) is 19.8 Å². The molecule has 2 N–H and O–H groups in total. The Bertz CT molecular complexity index is 962. The Morgan fingerprint density at radius 3 is 2.53 bits per heavy atom. The molecule has 9 nitrogen and oxygen atoms in total. The zero-order valence-electron chi connectivity index (χ0n) is 19.6. The van der Waals surface area contributed by atoms with Gasteiger partial charge in [0.05, 0.1) is 7.11 Å². The average Bonchev–Trinajstić information content (AvgIpc) is 2.77. The van der Waals surface area contributed by atoms with Gasteiger partial charge in [-0.25, -0.2) is 14.8 Å². The quantitative estimate of drug-likeness (QED) is 0.414. The molecule has 2 amide bonds. The number of piperazine rings is 1. The van der Waals surface area contributed by atoms with Crippen LogP contribution in [0.25, 0.3) is 0 Å². The summed E-state index contributed by atoms with van der Waals surface area (Å²) in [6.45, 7) is 5.89. The van der Waals surface area contributed by atoms with E-state index in [1.165, 1.54) is 18.3 Å². The van der Waals surface area contributed by atoms with Gasteiger partial charge < -0.3 is 27.7 Å². The van der Waals surface area contributed by atoms with Gasteiger partial charge in [-0.05, 0) is 27.8 Å². The molecule has 2 aromatic rings. The van der Waals surface area contributed by atoms with E-state index in [0.717, 1.165) is 39.3 Å². The maximum Gasteiger partial charge on any atom is 2.00 e. The number of amides is 2. The van der Waals surface area contributed by atoms with Crippen molar-refractivity contribution in [2.75, 3.05) is 76.0 Å². The minimum absolute atomic E-state index is 0. The van der Waals surface area contributed by atoms with Crippen molar-refractivity contribution in [3.05, 3.63) is 41.0 Å². The number of aromatic nitrogens is 2. The van der Waals surface area contributed by atoms with Crippen molar-refractivity contribution in [1.29, 1.82) is 0 Å². The van der Waals surface area contributed by atoms with Crippen LogP contribution < -0.4 is 20.3 Å². The number of ether oxygens (including phenoxy) is 1. The summed E-state index contributed by atoms with van der Waals surface area (Å²) in [5.74, 6) is 1.20. The first-order chi connectivity index (χ1) is 15.3. The molecule has 1 aromatic heterocycles. The first-order valence-corrected chi connectivity index (χ1v) is 11.1. The monoisotopic (exact) mass is 753 g/mol. The van der Waals surface area contributed by atoms with Gasteiger partial charge in [-0.3, -0.25) is 9.80 Å². The Morgan fingerprint density at radius 2 is 1.88 bits per heavy atom. The average molecular weight is 755 g/mol. The normalized spacial score (nSPS) is 13.9. The minimum atomic E-state index is -0.506. The molecule has 0 aliphatic carbocycles. The third-order valence-electron chi connectivity index (χ3n) is 5.12. The number of methoxy groups -OCH3 is 1. The molecule has 13 heteroatoms. The van der Waals surface area contributed by atoms with Gasteiger partial charge in [-0.15, -0.1) is 40.9 Å². The van der Waals surface area contributed by atoms with Crippen molar-refractivity contribution in [2.45, 2.75) is 0 Å². The van der Waals surface area contributed by atoms with Gasteiger partial charge in [-0.1, -0.05) is 0 Å². The van der Waals surface area contributed by atoms with Crippen LogP contribution in [-0.4, -0.2) is 86.3 Å². The van der Waals surface area contributed by atoms with Gasteiger partial charge >= 0.3 is 37.1 Å². The second-order valence-corrected chi connectivity index (χ2v) is 8.43. The molecule has 1 fully saturated rings. The van der Waals surface area contributed by atoms with Gasteiger partial charge in [0.15, 0.2) is 0 Å². The predicted octanol–water partition coefficient (Wildman–Crippen LogP) is 4.02. The molecule has 184 valence electrons. The van der Waals surface area contributed by atoms with E-state index < -0.39 is 6.03 Å². The Morgan fingerprint density at radius 1 is 1.21 bits per heavy atom. The molecule has 2 heterocycles. The van der Waals surface area contributed by atoms with Crippen LogP contribution in [0.3, 0.4) is 0 Å². The Hall–Kier alpha value is -0.988. The molecule has 0 radical (unpaired) electrons. The summed E-state index contributed by atoms with van der Waals surface area (Å²) in [6.07, 6.45) is 1.40. The van der Waals surface area contributed by atoms with Crippen LogP contribution in [0.2, 0.25) is 15.1 Å². The Kier molecular flexibility index (Phi) is 13.3. The SMILES string of the molecule is COc1c(Cl)[c-]c(Cl)c(NC(=O)N(C)c2cc(NCCN3CCN(C)CC3)ncn2)c1Cl.[CH3-].[U+2]. The minimum Gasteiger partial charge on any atom is -0.551 e. The number of anilines is 3. The number of urea groups is 1. The molecule has 34 heavy (non-hydrogen) atoms. The van der Waals surface area contributed by atoms with Crippen LogP contribution in [-0.2, 0) is 0 Å². The van der Waals surface area contributed by atoms with E-state index in [1.54, 1.807) is 13.1 Å².